The number of carbonyl (C=O) groups excluding carboxylic acids is 3. The molecule has 0 radical (unpaired) electrons. The van der Waals surface area contributed by atoms with Crippen molar-refractivity contribution in [3.8, 4) is 0 Å². The van der Waals surface area contributed by atoms with E-state index < -0.39 is 30.0 Å². The first kappa shape index (κ1) is 24.2. The highest BCUT2D eigenvalue weighted by Crippen LogP contribution is 2.17. The van der Waals surface area contributed by atoms with Gasteiger partial charge < -0.3 is 21.1 Å². The third-order valence-corrected chi connectivity index (χ3v) is 4.94. The van der Waals surface area contributed by atoms with Crippen LogP contribution in [-0.2, 0) is 27.4 Å². The molecule has 0 saturated carbocycles. The van der Waals surface area contributed by atoms with Crippen LogP contribution in [0.4, 0.5) is 4.79 Å². The van der Waals surface area contributed by atoms with Crippen molar-refractivity contribution in [2.24, 2.45) is 11.7 Å². The third kappa shape index (κ3) is 8.30. The van der Waals surface area contributed by atoms with Crippen LogP contribution in [0.1, 0.15) is 31.4 Å². The molecule has 0 fully saturated rings. The van der Waals surface area contributed by atoms with Gasteiger partial charge in [-0.05, 0) is 29.5 Å². The summed E-state index contributed by atoms with van der Waals surface area (Å²) in [6.07, 6.45) is -0.243. The van der Waals surface area contributed by atoms with E-state index in [1.165, 1.54) is 0 Å². The van der Waals surface area contributed by atoms with Crippen LogP contribution in [0.15, 0.2) is 54.6 Å². The number of amides is 3. The Morgan fingerprint density at radius 3 is 2.23 bits per heavy atom. The van der Waals surface area contributed by atoms with Crippen molar-refractivity contribution in [3.05, 3.63) is 70.7 Å². The van der Waals surface area contributed by atoms with Crippen molar-refractivity contribution in [2.75, 3.05) is 0 Å². The Kier molecular flexibility index (Phi) is 9.34. The van der Waals surface area contributed by atoms with E-state index in [0.29, 0.717) is 17.0 Å². The van der Waals surface area contributed by atoms with Crippen LogP contribution in [0.25, 0.3) is 0 Å². The van der Waals surface area contributed by atoms with Crippen LogP contribution in [0.2, 0.25) is 5.02 Å². The zero-order chi connectivity index (χ0) is 22.8. The highest BCUT2D eigenvalue weighted by molar-refractivity contribution is 6.31. The lowest BCUT2D eigenvalue weighted by Gasteiger charge is -2.23. The number of halogens is 1. The second-order valence-electron chi connectivity index (χ2n) is 7.65. The summed E-state index contributed by atoms with van der Waals surface area (Å²) < 4.78 is 5.24. The molecule has 0 aliphatic rings. The number of benzene rings is 2. The fourth-order valence-electron chi connectivity index (χ4n) is 2.99. The number of nitrogens with one attached hydrogen (secondary N) is 2. The molecular weight excluding hydrogens is 418 g/mol. The van der Waals surface area contributed by atoms with Gasteiger partial charge in [0.25, 0.3) is 0 Å². The smallest absolute Gasteiger partial charge is 0.408 e. The van der Waals surface area contributed by atoms with Gasteiger partial charge in [-0.1, -0.05) is 74.0 Å². The Balaban J connectivity index is 2.11. The maximum atomic E-state index is 12.9. The minimum absolute atomic E-state index is 0.0599. The fourth-order valence-corrected chi connectivity index (χ4v) is 3.20. The van der Waals surface area contributed by atoms with Crippen molar-refractivity contribution < 1.29 is 19.1 Å². The minimum atomic E-state index is -1.00. The Bertz CT molecular complexity index is 889. The number of hydrogen-bond acceptors (Lipinski definition) is 4. The maximum absolute atomic E-state index is 12.9. The van der Waals surface area contributed by atoms with Gasteiger partial charge in [-0.15, -0.1) is 0 Å². The van der Waals surface area contributed by atoms with E-state index >= 15 is 0 Å². The molecule has 8 heteroatoms. The van der Waals surface area contributed by atoms with E-state index in [0.717, 1.165) is 5.56 Å². The summed E-state index contributed by atoms with van der Waals surface area (Å²) in [5.41, 5.74) is 6.93. The normalized spacial score (nSPS) is 12.6. The third-order valence-electron chi connectivity index (χ3n) is 4.57. The van der Waals surface area contributed by atoms with Crippen molar-refractivity contribution in [1.82, 2.24) is 10.6 Å². The second kappa shape index (κ2) is 12.0. The molecule has 0 spiro atoms. The quantitative estimate of drug-likeness (QED) is 0.521. The number of ether oxygens (including phenoxy) is 1. The minimum Gasteiger partial charge on any atom is -0.445 e. The van der Waals surface area contributed by atoms with Crippen LogP contribution in [0.5, 0.6) is 0 Å². The van der Waals surface area contributed by atoms with Gasteiger partial charge in [-0.2, -0.15) is 0 Å². The van der Waals surface area contributed by atoms with E-state index in [-0.39, 0.29) is 18.9 Å². The molecule has 31 heavy (non-hydrogen) atoms. The zero-order valence-electron chi connectivity index (χ0n) is 17.6. The molecule has 0 saturated heterocycles. The Hall–Kier alpha value is -3.06. The summed E-state index contributed by atoms with van der Waals surface area (Å²) >= 11 is 6.23. The summed E-state index contributed by atoms with van der Waals surface area (Å²) in [6.45, 7) is 3.90. The van der Waals surface area contributed by atoms with E-state index in [9.17, 15) is 14.4 Å². The van der Waals surface area contributed by atoms with Crippen LogP contribution in [0.3, 0.4) is 0 Å². The molecule has 0 aromatic heterocycles. The molecule has 2 aromatic carbocycles. The summed E-state index contributed by atoms with van der Waals surface area (Å²) in [6, 6.07) is 14.4. The summed E-state index contributed by atoms with van der Waals surface area (Å²) in [4.78, 5) is 37.1. The number of carbonyl (C=O) groups is 3. The van der Waals surface area contributed by atoms with Crippen molar-refractivity contribution in [2.45, 2.75) is 45.4 Å². The zero-order valence-corrected chi connectivity index (χ0v) is 18.4. The molecule has 7 nitrogen and oxygen atoms in total. The molecule has 0 heterocycles. The highest BCUT2D eigenvalue weighted by atomic mass is 35.5. The van der Waals surface area contributed by atoms with Crippen molar-refractivity contribution >= 4 is 29.5 Å². The molecule has 0 aliphatic carbocycles. The summed E-state index contributed by atoms with van der Waals surface area (Å²) in [5, 5.41) is 5.68. The molecular formula is C23H28ClN3O4. The Labute approximate surface area is 187 Å². The average Bonchev–Trinajstić information content (AvgIpc) is 2.73. The lowest BCUT2D eigenvalue weighted by atomic mass is 10.0. The largest absolute Gasteiger partial charge is 0.445 e. The van der Waals surface area contributed by atoms with Gasteiger partial charge in [-0.3, -0.25) is 9.59 Å². The van der Waals surface area contributed by atoms with Gasteiger partial charge in [0.1, 0.15) is 18.7 Å². The SMILES string of the molecule is CC(C)C[C@H](NC(=O)[C@H](Cc1ccccc1Cl)NC(=O)OCc1ccccc1)C(N)=O. The van der Waals surface area contributed by atoms with Crippen molar-refractivity contribution in [3.63, 3.8) is 0 Å². The topological polar surface area (TPSA) is 111 Å². The molecule has 3 amide bonds. The maximum Gasteiger partial charge on any atom is 0.408 e. The van der Waals surface area contributed by atoms with Crippen molar-refractivity contribution in [1.29, 1.82) is 0 Å². The first-order chi connectivity index (χ1) is 14.8. The van der Waals surface area contributed by atoms with E-state index in [2.05, 4.69) is 10.6 Å². The molecule has 2 rings (SSSR count). The number of primary amides is 1. The Morgan fingerprint density at radius 1 is 0.968 bits per heavy atom. The lowest BCUT2D eigenvalue weighted by Crippen LogP contribution is -2.54. The summed E-state index contributed by atoms with van der Waals surface area (Å²) in [7, 11) is 0. The lowest BCUT2D eigenvalue weighted by molar-refractivity contribution is -0.128. The number of nitrogens with two attached hydrogens (primary N) is 1. The monoisotopic (exact) mass is 445 g/mol. The van der Waals surface area contributed by atoms with Gasteiger partial charge >= 0.3 is 6.09 Å². The number of alkyl carbamates (subject to hydrolysis) is 1. The average molecular weight is 446 g/mol. The van der Waals surface area contributed by atoms with E-state index in [4.69, 9.17) is 22.1 Å². The molecule has 0 unspecified atom stereocenters. The molecule has 4 N–H and O–H groups in total. The van der Waals surface area contributed by atoms with Crippen LogP contribution < -0.4 is 16.4 Å². The van der Waals surface area contributed by atoms with E-state index in [1.54, 1.807) is 24.3 Å². The van der Waals surface area contributed by atoms with Crippen LogP contribution in [-0.4, -0.2) is 30.0 Å². The Morgan fingerprint density at radius 2 is 1.61 bits per heavy atom. The van der Waals surface area contributed by atoms with Gasteiger partial charge in [0.15, 0.2) is 0 Å². The van der Waals surface area contributed by atoms with Gasteiger partial charge in [0.2, 0.25) is 11.8 Å². The van der Waals surface area contributed by atoms with Crippen LogP contribution in [0, 0.1) is 5.92 Å². The molecule has 2 atom stereocenters. The van der Waals surface area contributed by atoms with Gasteiger partial charge in [0.05, 0.1) is 0 Å². The highest BCUT2D eigenvalue weighted by Gasteiger charge is 2.27. The number of hydrogen-bond donors (Lipinski definition) is 3. The molecule has 166 valence electrons. The fraction of sp³-hybridized carbons (Fsp3) is 0.348. The van der Waals surface area contributed by atoms with Gasteiger partial charge in [-0.25, -0.2) is 4.79 Å². The summed E-state index contributed by atoms with van der Waals surface area (Å²) in [5.74, 6) is -1.03. The second-order valence-corrected chi connectivity index (χ2v) is 8.05. The predicted molar refractivity (Wildman–Crippen MR) is 119 cm³/mol. The number of rotatable bonds is 10. The first-order valence-electron chi connectivity index (χ1n) is 10.1. The standard InChI is InChI=1S/C23H28ClN3O4/c1-15(2)12-19(21(25)28)26-22(29)20(13-17-10-6-7-11-18(17)24)27-23(30)31-14-16-8-4-3-5-9-16/h3-11,15,19-20H,12-14H2,1-2H3,(H2,25,28)(H,26,29)(H,27,30)/t19-,20-/m0/s1. The van der Waals surface area contributed by atoms with Crippen LogP contribution >= 0.6 is 11.6 Å². The molecule has 0 bridgehead atoms. The molecule has 0 aliphatic heterocycles. The van der Waals surface area contributed by atoms with Gasteiger partial charge in [0, 0.05) is 11.4 Å². The first-order valence-corrected chi connectivity index (χ1v) is 10.4. The molecule has 2 aromatic rings. The predicted octanol–water partition coefficient (Wildman–Crippen LogP) is 3.19. The van der Waals surface area contributed by atoms with E-state index in [1.807, 2.05) is 44.2 Å².